The minimum Gasteiger partial charge on any atom is -0.286 e. The standard InChI is InChI=1S/C24H48N8.2C2H6/c1-9-10(2)18-25-17(9)29-19-11(3)12(4)21(26-19)31-23-15(7)16(8)24(28-23)32-22-14(6)13(5)20(27-22)30-18;2*1-2/h9-32H,1-8H3;2*1-2H3. The molecular weight excluding hydrogens is 448 g/mol. The lowest BCUT2D eigenvalue weighted by molar-refractivity contribution is 0.267. The molecule has 0 saturated carbocycles. The van der Waals surface area contributed by atoms with Crippen molar-refractivity contribution in [1.29, 1.82) is 0 Å². The van der Waals surface area contributed by atoms with Crippen molar-refractivity contribution in [2.75, 3.05) is 0 Å². The van der Waals surface area contributed by atoms with Gasteiger partial charge < -0.3 is 0 Å². The van der Waals surface area contributed by atoms with Crippen LogP contribution in [0.15, 0.2) is 0 Å². The molecule has 5 saturated heterocycles. The highest BCUT2D eigenvalue weighted by Crippen LogP contribution is 2.33. The minimum atomic E-state index is 0.303. The Morgan fingerprint density at radius 1 is 0.222 bits per heavy atom. The van der Waals surface area contributed by atoms with Gasteiger partial charge in [-0.15, -0.1) is 0 Å². The van der Waals surface area contributed by atoms with Crippen molar-refractivity contribution in [2.45, 2.75) is 132 Å². The maximum Gasteiger partial charge on any atom is 0.0625 e. The van der Waals surface area contributed by atoms with Gasteiger partial charge in [-0.3, -0.25) is 42.5 Å². The van der Waals surface area contributed by atoms with Crippen molar-refractivity contribution in [1.82, 2.24) is 42.5 Å². The van der Waals surface area contributed by atoms with E-state index in [1.807, 2.05) is 27.7 Å². The summed E-state index contributed by atoms with van der Waals surface area (Å²) in [5.41, 5.74) is 0. The summed E-state index contributed by atoms with van der Waals surface area (Å²) < 4.78 is 0. The molecule has 5 aliphatic rings. The van der Waals surface area contributed by atoms with Crippen LogP contribution >= 0.6 is 0 Å². The van der Waals surface area contributed by atoms with Crippen LogP contribution in [0.2, 0.25) is 0 Å². The monoisotopic (exact) mass is 508 g/mol. The van der Waals surface area contributed by atoms with Gasteiger partial charge in [-0.25, -0.2) is 0 Å². The van der Waals surface area contributed by atoms with E-state index in [1.54, 1.807) is 0 Å². The maximum absolute atomic E-state index is 3.95. The van der Waals surface area contributed by atoms with E-state index < -0.39 is 0 Å². The van der Waals surface area contributed by atoms with Crippen LogP contribution < -0.4 is 42.5 Å². The second kappa shape index (κ2) is 12.7. The predicted molar refractivity (Wildman–Crippen MR) is 151 cm³/mol. The average Bonchev–Trinajstić information content (AvgIpc) is 3.50. The van der Waals surface area contributed by atoms with Crippen LogP contribution in [0, 0.1) is 47.3 Å². The summed E-state index contributed by atoms with van der Waals surface area (Å²) in [5, 5.41) is 31.4. The first-order valence-corrected chi connectivity index (χ1v) is 15.2. The SMILES string of the molecule is CC.CC.CC1C2NC(NC3NC(NC4NC(NC5NC(N2)C(C)C5C)C(C)C4C)C(C)C3C)C1C. The summed E-state index contributed by atoms with van der Waals surface area (Å²) >= 11 is 0. The van der Waals surface area contributed by atoms with Crippen LogP contribution in [0.5, 0.6) is 0 Å². The molecule has 0 radical (unpaired) electrons. The molecule has 36 heavy (non-hydrogen) atoms. The van der Waals surface area contributed by atoms with Crippen molar-refractivity contribution in [2.24, 2.45) is 47.3 Å². The molecule has 0 spiro atoms. The van der Waals surface area contributed by atoms with Gasteiger partial charge in [0, 0.05) is 0 Å². The van der Waals surface area contributed by atoms with Crippen LogP contribution in [0.4, 0.5) is 0 Å². The highest BCUT2D eigenvalue weighted by Gasteiger charge is 2.48. The lowest BCUT2D eigenvalue weighted by Crippen LogP contribution is -2.61. The van der Waals surface area contributed by atoms with Crippen LogP contribution in [0.1, 0.15) is 83.1 Å². The Labute approximate surface area is 222 Å². The summed E-state index contributed by atoms with van der Waals surface area (Å²) in [6.07, 6.45) is 2.42. The Bertz CT molecular complexity index is 518. The molecule has 8 nitrogen and oxygen atoms in total. The molecule has 8 N–H and O–H groups in total. The van der Waals surface area contributed by atoms with Gasteiger partial charge in [0.15, 0.2) is 0 Å². The van der Waals surface area contributed by atoms with Crippen molar-refractivity contribution < 1.29 is 0 Å². The third-order valence-corrected chi connectivity index (χ3v) is 10.4. The number of hydrogen-bond donors (Lipinski definition) is 8. The van der Waals surface area contributed by atoms with Crippen LogP contribution in [0.25, 0.3) is 0 Å². The molecule has 0 aliphatic carbocycles. The van der Waals surface area contributed by atoms with Crippen LogP contribution in [-0.2, 0) is 0 Å². The Balaban J connectivity index is 0.000000861. The molecule has 5 aliphatic heterocycles. The van der Waals surface area contributed by atoms with Crippen LogP contribution in [0.3, 0.4) is 0 Å². The Morgan fingerprint density at radius 2 is 0.306 bits per heavy atom. The van der Waals surface area contributed by atoms with Gasteiger partial charge in [-0.2, -0.15) is 0 Å². The fourth-order valence-electron chi connectivity index (χ4n) is 6.79. The molecular formula is C28H60N8. The summed E-state index contributed by atoms with van der Waals surface area (Å²) in [7, 11) is 0. The van der Waals surface area contributed by atoms with Gasteiger partial charge in [0.25, 0.3) is 0 Å². The van der Waals surface area contributed by atoms with E-state index in [0.717, 1.165) is 0 Å². The van der Waals surface area contributed by atoms with Gasteiger partial charge in [0.1, 0.15) is 0 Å². The lowest BCUT2D eigenvalue weighted by Gasteiger charge is -2.29. The molecule has 0 aromatic carbocycles. The van der Waals surface area contributed by atoms with E-state index in [-0.39, 0.29) is 0 Å². The van der Waals surface area contributed by atoms with Crippen LogP contribution in [-0.4, -0.2) is 49.3 Å². The first kappa shape index (κ1) is 30.2. The van der Waals surface area contributed by atoms with Gasteiger partial charge in [0.2, 0.25) is 0 Å². The highest BCUT2D eigenvalue weighted by atomic mass is 15.4. The van der Waals surface area contributed by atoms with Gasteiger partial charge in [-0.1, -0.05) is 83.1 Å². The minimum absolute atomic E-state index is 0.303. The summed E-state index contributed by atoms with van der Waals surface area (Å²) in [4.78, 5) is 0. The Hall–Kier alpha value is -0.320. The quantitative estimate of drug-likeness (QED) is 0.253. The number of hydrogen-bond acceptors (Lipinski definition) is 8. The normalized spacial score (nSPS) is 54.3. The molecule has 8 atom stereocenters. The lowest BCUT2D eigenvalue weighted by atomic mass is 9.91. The predicted octanol–water partition coefficient (Wildman–Crippen LogP) is 2.52. The van der Waals surface area contributed by atoms with E-state index in [2.05, 4.69) is 97.9 Å². The van der Waals surface area contributed by atoms with E-state index in [1.165, 1.54) is 0 Å². The molecule has 0 aromatic heterocycles. The van der Waals surface area contributed by atoms with Gasteiger partial charge >= 0.3 is 0 Å². The number of nitrogens with one attached hydrogen (secondary N) is 8. The molecule has 0 amide bonds. The Morgan fingerprint density at radius 3 is 0.389 bits per heavy atom. The zero-order valence-corrected chi connectivity index (χ0v) is 25.2. The molecule has 8 bridgehead atoms. The van der Waals surface area contributed by atoms with Crippen molar-refractivity contribution in [3.63, 3.8) is 0 Å². The van der Waals surface area contributed by atoms with Gasteiger partial charge in [0.05, 0.1) is 49.3 Å². The molecule has 212 valence electrons. The van der Waals surface area contributed by atoms with E-state index in [4.69, 9.17) is 0 Å². The number of rotatable bonds is 0. The molecule has 8 unspecified atom stereocenters. The van der Waals surface area contributed by atoms with Crippen molar-refractivity contribution in [3.8, 4) is 0 Å². The topological polar surface area (TPSA) is 96.2 Å². The molecule has 5 fully saturated rings. The molecule has 5 heterocycles. The Kier molecular flexibility index (Phi) is 10.7. The van der Waals surface area contributed by atoms with E-state index in [9.17, 15) is 0 Å². The fourth-order valence-corrected chi connectivity index (χ4v) is 6.79. The zero-order chi connectivity index (χ0) is 26.9. The van der Waals surface area contributed by atoms with Crippen molar-refractivity contribution >= 4 is 0 Å². The zero-order valence-electron chi connectivity index (χ0n) is 25.2. The first-order valence-electron chi connectivity index (χ1n) is 15.2. The second-order valence-electron chi connectivity index (χ2n) is 12.0. The smallest absolute Gasteiger partial charge is 0.0625 e. The third kappa shape index (κ3) is 5.67. The summed E-state index contributed by atoms with van der Waals surface area (Å²) in [6, 6.07) is 0. The van der Waals surface area contributed by atoms with Gasteiger partial charge in [-0.05, 0) is 47.3 Å². The summed E-state index contributed by atoms with van der Waals surface area (Å²) in [6.45, 7) is 27.1. The number of fused-ring (bicyclic) bond motifs is 8. The largest absolute Gasteiger partial charge is 0.286 e. The average molecular weight is 509 g/mol. The van der Waals surface area contributed by atoms with E-state index in [0.29, 0.717) is 96.7 Å². The van der Waals surface area contributed by atoms with Crippen molar-refractivity contribution in [3.05, 3.63) is 0 Å². The summed E-state index contributed by atoms with van der Waals surface area (Å²) in [5.74, 6) is 4.45. The fraction of sp³-hybridized carbons (Fsp3) is 1.00. The first-order chi connectivity index (χ1) is 17.2. The second-order valence-corrected chi connectivity index (χ2v) is 12.0. The third-order valence-electron chi connectivity index (χ3n) is 10.4. The molecule has 0 aromatic rings. The maximum atomic E-state index is 3.95. The molecule has 5 rings (SSSR count). The molecule has 8 heteroatoms. The highest BCUT2D eigenvalue weighted by molar-refractivity contribution is 5.03. The van der Waals surface area contributed by atoms with E-state index >= 15 is 0 Å².